The van der Waals surface area contributed by atoms with Crippen LogP contribution < -0.4 is 5.32 Å². The first-order valence-electron chi connectivity index (χ1n) is 7.80. The molecule has 0 aliphatic carbocycles. The molecule has 1 saturated heterocycles. The number of rotatable bonds is 4. The van der Waals surface area contributed by atoms with Crippen molar-refractivity contribution in [3.63, 3.8) is 0 Å². The van der Waals surface area contributed by atoms with Crippen LogP contribution in [-0.2, 0) is 16.1 Å². The Morgan fingerprint density at radius 3 is 2.16 bits per heavy atom. The molecule has 2 aromatic rings. The molecule has 0 atom stereocenters. The van der Waals surface area contributed by atoms with Crippen LogP contribution in [0.4, 0.5) is 5.69 Å². The standard InChI is InChI=1S/C19H15N3O3/c20-11-13-1-5-15(6-2-13)19(25)21-16-7-3-14(4-8-16)12-22-17(23)9-10-18(22)24/h1-8H,9-10,12H2,(H,21,25). The molecule has 25 heavy (non-hydrogen) atoms. The van der Waals surface area contributed by atoms with Crippen LogP contribution in [0.5, 0.6) is 0 Å². The Balaban J connectivity index is 1.64. The van der Waals surface area contributed by atoms with E-state index in [-0.39, 0.29) is 37.1 Å². The number of carbonyl (C=O) groups is 3. The molecule has 1 N–H and O–H groups in total. The highest BCUT2D eigenvalue weighted by atomic mass is 16.2. The number of amides is 3. The second kappa shape index (κ2) is 6.97. The Hall–Kier alpha value is -3.46. The van der Waals surface area contributed by atoms with Crippen LogP contribution in [0.25, 0.3) is 0 Å². The summed E-state index contributed by atoms with van der Waals surface area (Å²) in [6.45, 7) is 0.252. The fraction of sp³-hybridized carbons (Fsp3) is 0.158. The van der Waals surface area contributed by atoms with Gasteiger partial charge in [0.2, 0.25) is 11.8 Å². The summed E-state index contributed by atoms with van der Waals surface area (Å²) in [5, 5.41) is 11.5. The first-order valence-corrected chi connectivity index (χ1v) is 7.80. The van der Waals surface area contributed by atoms with Crippen molar-refractivity contribution in [2.24, 2.45) is 0 Å². The highest BCUT2D eigenvalue weighted by molar-refractivity contribution is 6.04. The molecule has 3 amide bonds. The maximum absolute atomic E-state index is 12.2. The molecular formula is C19H15N3O3. The number of hydrogen-bond donors (Lipinski definition) is 1. The van der Waals surface area contributed by atoms with E-state index in [0.29, 0.717) is 16.8 Å². The van der Waals surface area contributed by atoms with Gasteiger partial charge in [-0.15, -0.1) is 0 Å². The summed E-state index contributed by atoms with van der Waals surface area (Å²) >= 11 is 0. The minimum atomic E-state index is -0.276. The summed E-state index contributed by atoms with van der Waals surface area (Å²) in [6.07, 6.45) is 0.551. The minimum absolute atomic E-state index is 0.150. The zero-order valence-electron chi connectivity index (χ0n) is 13.4. The second-order valence-corrected chi connectivity index (χ2v) is 5.71. The molecule has 0 radical (unpaired) electrons. The zero-order valence-corrected chi connectivity index (χ0v) is 13.4. The van der Waals surface area contributed by atoms with Crippen LogP contribution in [0, 0.1) is 11.3 Å². The fourth-order valence-corrected chi connectivity index (χ4v) is 2.57. The van der Waals surface area contributed by atoms with Crippen LogP contribution >= 0.6 is 0 Å². The molecule has 1 aliphatic heterocycles. The molecular weight excluding hydrogens is 318 g/mol. The summed E-state index contributed by atoms with van der Waals surface area (Å²) < 4.78 is 0. The van der Waals surface area contributed by atoms with Crippen LogP contribution in [0.3, 0.4) is 0 Å². The molecule has 6 nitrogen and oxygen atoms in total. The minimum Gasteiger partial charge on any atom is -0.322 e. The van der Waals surface area contributed by atoms with Gasteiger partial charge in [0.25, 0.3) is 5.91 Å². The van der Waals surface area contributed by atoms with E-state index in [1.54, 1.807) is 48.5 Å². The topological polar surface area (TPSA) is 90.3 Å². The summed E-state index contributed by atoms with van der Waals surface area (Å²) in [4.78, 5) is 36.7. The smallest absolute Gasteiger partial charge is 0.255 e. The Kier molecular flexibility index (Phi) is 4.57. The van der Waals surface area contributed by atoms with Crippen molar-refractivity contribution >= 4 is 23.4 Å². The summed E-state index contributed by atoms with van der Waals surface area (Å²) in [6, 6.07) is 15.3. The van der Waals surface area contributed by atoms with E-state index in [0.717, 1.165) is 5.56 Å². The fourth-order valence-electron chi connectivity index (χ4n) is 2.57. The van der Waals surface area contributed by atoms with E-state index >= 15 is 0 Å². The third kappa shape index (κ3) is 3.72. The monoisotopic (exact) mass is 333 g/mol. The zero-order chi connectivity index (χ0) is 17.8. The Bertz CT molecular complexity index is 848. The summed E-state index contributed by atoms with van der Waals surface area (Å²) in [5.41, 5.74) is 2.38. The average molecular weight is 333 g/mol. The van der Waals surface area contributed by atoms with E-state index in [9.17, 15) is 14.4 Å². The number of hydrogen-bond acceptors (Lipinski definition) is 4. The lowest BCUT2D eigenvalue weighted by atomic mass is 10.1. The largest absolute Gasteiger partial charge is 0.322 e. The van der Waals surface area contributed by atoms with E-state index in [1.165, 1.54) is 4.90 Å². The van der Waals surface area contributed by atoms with Gasteiger partial charge in [-0.3, -0.25) is 19.3 Å². The molecule has 0 saturated carbocycles. The van der Waals surface area contributed by atoms with Crippen molar-refractivity contribution < 1.29 is 14.4 Å². The number of imide groups is 1. The number of carbonyl (C=O) groups excluding carboxylic acids is 3. The molecule has 2 aromatic carbocycles. The van der Waals surface area contributed by atoms with Crippen LogP contribution in [0.2, 0.25) is 0 Å². The molecule has 1 heterocycles. The van der Waals surface area contributed by atoms with Gasteiger partial charge >= 0.3 is 0 Å². The number of nitrogens with zero attached hydrogens (tertiary/aromatic N) is 2. The second-order valence-electron chi connectivity index (χ2n) is 5.71. The van der Waals surface area contributed by atoms with E-state index in [1.807, 2.05) is 6.07 Å². The van der Waals surface area contributed by atoms with E-state index < -0.39 is 0 Å². The van der Waals surface area contributed by atoms with Crippen LogP contribution in [0.1, 0.15) is 34.3 Å². The Labute approximate surface area is 144 Å². The maximum Gasteiger partial charge on any atom is 0.255 e. The van der Waals surface area contributed by atoms with Crippen LogP contribution in [-0.4, -0.2) is 22.6 Å². The molecule has 6 heteroatoms. The van der Waals surface area contributed by atoms with Gasteiger partial charge in [-0.25, -0.2) is 0 Å². The lowest BCUT2D eigenvalue weighted by Gasteiger charge is -2.14. The van der Waals surface area contributed by atoms with Gasteiger partial charge in [0, 0.05) is 24.1 Å². The molecule has 1 aliphatic rings. The Morgan fingerprint density at radius 1 is 1.00 bits per heavy atom. The predicted molar refractivity (Wildman–Crippen MR) is 90.3 cm³/mol. The molecule has 124 valence electrons. The number of nitrogens with one attached hydrogen (secondary N) is 1. The normalized spacial score (nSPS) is 13.6. The van der Waals surface area contributed by atoms with Crippen LogP contribution in [0.15, 0.2) is 48.5 Å². The molecule has 0 unspecified atom stereocenters. The third-order valence-electron chi connectivity index (χ3n) is 3.98. The molecule has 3 rings (SSSR count). The van der Waals surface area contributed by atoms with E-state index in [4.69, 9.17) is 5.26 Å². The first-order chi connectivity index (χ1) is 12.1. The predicted octanol–water partition coefficient (Wildman–Crippen LogP) is 2.46. The van der Waals surface area contributed by atoms with Gasteiger partial charge < -0.3 is 5.32 Å². The Morgan fingerprint density at radius 2 is 1.60 bits per heavy atom. The van der Waals surface area contributed by atoms with Crippen molar-refractivity contribution in [1.82, 2.24) is 4.90 Å². The summed E-state index contributed by atoms with van der Waals surface area (Å²) in [5.74, 6) is -0.575. The molecule has 0 spiro atoms. The number of nitriles is 1. The molecule has 0 bridgehead atoms. The van der Waals surface area contributed by atoms with Gasteiger partial charge in [-0.1, -0.05) is 12.1 Å². The van der Waals surface area contributed by atoms with Gasteiger partial charge in [0.15, 0.2) is 0 Å². The summed E-state index contributed by atoms with van der Waals surface area (Å²) in [7, 11) is 0. The van der Waals surface area contributed by atoms with Crippen molar-refractivity contribution in [1.29, 1.82) is 5.26 Å². The van der Waals surface area contributed by atoms with Crippen molar-refractivity contribution in [3.8, 4) is 6.07 Å². The van der Waals surface area contributed by atoms with Gasteiger partial charge in [0.05, 0.1) is 18.2 Å². The van der Waals surface area contributed by atoms with Crippen molar-refractivity contribution in [2.45, 2.75) is 19.4 Å². The molecule has 0 aromatic heterocycles. The average Bonchev–Trinajstić information content (AvgIpc) is 2.95. The SMILES string of the molecule is N#Cc1ccc(C(=O)Nc2ccc(CN3C(=O)CCC3=O)cc2)cc1. The van der Waals surface area contributed by atoms with Gasteiger partial charge in [0.1, 0.15) is 0 Å². The highest BCUT2D eigenvalue weighted by Crippen LogP contribution is 2.18. The first kappa shape index (κ1) is 16.4. The number of likely N-dealkylation sites (tertiary alicyclic amines) is 1. The van der Waals surface area contributed by atoms with E-state index in [2.05, 4.69) is 5.32 Å². The van der Waals surface area contributed by atoms with Crippen molar-refractivity contribution in [2.75, 3.05) is 5.32 Å². The van der Waals surface area contributed by atoms with Gasteiger partial charge in [-0.05, 0) is 42.0 Å². The van der Waals surface area contributed by atoms with Crippen molar-refractivity contribution in [3.05, 3.63) is 65.2 Å². The lowest BCUT2D eigenvalue weighted by Crippen LogP contribution is -2.28. The third-order valence-corrected chi connectivity index (χ3v) is 3.98. The highest BCUT2D eigenvalue weighted by Gasteiger charge is 2.28. The number of anilines is 1. The molecule has 1 fully saturated rings. The lowest BCUT2D eigenvalue weighted by molar-refractivity contribution is -0.139. The quantitative estimate of drug-likeness (QED) is 0.870. The van der Waals surface area contributed by atoms with Gasteiger partial charge in [-0.2, -0.15) is 5.26 Å². The maximum atomic E-state index is 12.2. The number of benzene rings is 2.